The predicted octanol–water partition coefficient (Wildman–Crippen LogP) is 5.46. The third-order valence-electron chi connectivity index (χ3n) is 5.56. The average Bonchev–Trinajstić information content (AvgIpc) is 2.76. The van der Waals surface area contributed by atoms with Crippen molar-refractivity contribution in [3.63, 3.8) is 0 Å². The largest absolute Gasteiger partial charge is 0.471 e. The Morgan fingerprint density at radius 3 is 2.41 bits per heavy atom. The molecule has 1 N–H and O–H groups in total. The molecule has 0 aromatic rings. The highest BCUT2D eigenvalue weighted by Gasteiger charge is 2.53. The highest BCUT2D eigenvalue weighted by atomic mass is 19.4. The number of alkyl halides is 3. The van der Waals surface area contributed by atoms with E-state index in [0.29, 0.717) is 6.61 Å². The summed E-state index contributed by atoms with van der Waals surface area (Å²) in [4.78, 5) is 11.8. The van der Waals surface area contributed by atoms with Gasteiger partial charge >= 0.3 is 12.1 Å². The number of amides is 1. The number of hydrogen-bond donors (Lipinski definition) is 1. The average molecular weight is 494 g/mol. The molecule has 196 valence electrons. The second kappa shape index (κ2) is 13.2. The van der Waals surface area contributed by atoms with Crippen LogP contribution < -0.4 is 5.32 Å². The van der Waals surface area contributed by atoms with Gasteiger partial charge in [-0.25, -0.2) is 0 Å². The number of halogens is 3. The molecule has 2 rings (SSSR count). The normalized spacial score (nSPS) is 26.3. The van der Waals surface area contributed by atoms with Crippen molar-refractivity contribution in [2.45, 2.75) is 116 Å². The van der Waals surface area contributed by atoms with Gasteiger partial charge in [-0.05, 0) is 13.3 Å². The molecule has 34 heavy (non-hydrogen) atoms. The monoisotopic (exact) mass is 493 g/mol. The standard InChI is InChI=1S/C24H38F3NO6/c1-5-7-8-9-10-11-12-13-15-30-20-18(28-22(29)24(25,26)27)21(31-14-6-2)33-17-16-32-23(3,4)34-19(17)20/h6,14,16,18-21H,5,7-13,15H2,1-4H3,(H,28,29)/b14-6-/t18-,19-,20-,21+/m1/s1. The minimum Gasteiger partial charge on any atom is -0.467 e. The molecule has 0 aromatic heterocycles. The van der Waals surface area contributed by atoms with Crippen LogP contribution in [0.5, 0.6) is 0 Å². The topological polar surface area (TPSA) is 75.2 Å². The Kier molecular flexibility index (Phi) is 11.0. The molecule has 1 amide bonds. The van der Waals surface area contributed by atoms with Crippen molar-refractivity contribution in [1.82, 2.24) is 5.32 Å². The van der Waals surface area contributed by atoms with Crippen molar-refractivity contribution >= 4 is 5.91 Å². The number of allylic oxidation sites excluding steroid dienone is 1. The van der Waals surface area contributed by atoms with Crippen LogP contribution in [0.4, 0.5) is 13.2 Å². The van der Waals surface area contributed by atoms with E-state index >= 15 is 0 Å². The van der Waals surface area contributed by atoms with E-state index in [1.807, 2.05) is 5.32 Å². The molecular formula is C24H38F3NO6. The maximum absolute atomic E-state index is 13.1. The predicted molar refractivity (Wildman–Crippen MR) is 119 cm³/mol. The molecule has 0 bridgehead atoms. The maximum atomic E-state index is 13.1. The van der Waals surface area contributed by atoms with Crippen molar-refractivity contribution in [3.8, 4) is 0 Å². The summed E-state index contributed by atoms with van der Waals surface area (Å²) < 4.78 is 67.8. The van der Waals surface area contributed by atoms with Gasteiger partial charge in [0.05, 0.1) is 6.26 Å². The van der Waals surface area contributed by atoms with Gasteiger partial charge in [-0.3, -0.25) is 4.79 Å². The molecule has 2 aliphatic rings. The first-order valence-electron chi connectivity index (χ1n) is 12.1. The highest BCUT2D eigenvalue weighted by Crippen LogP contribution is 2.36. The summed E-state index contributed by atoms with van der Waals surface area (Å²) >= 11 is 0. The molecule has 0 aromatic carbocycles. The number of nitrogens with one attached hydrogen (secondary N) is 1. The Bertz CT molecular complexity index is 695. The first-order chi connectivity index (χ1) is 16.1. The van der Waals surface area contributed by atoms with Crippen LogP contribution >= 0.6 is 0 Å². The zero-order chi connectivity index (χ0) is 25.2. The molecule has 0 radical (unpaired) electrons. The van der Waals surface area contributed by atoms with Crippen LogP contribution in [0.25, 0.3) is 0 Å². The molecule has 7 nitrogen and oxygen atoms in total. The minimum atomic E-state index is -5.07. The lowest BCUT2D eigenvalue weighted by Crippen LogP contribution is -2.64. The van der Waals surface area contributed by atoms with Gasteiger partial charge in [0.25, 0.3) is 6.29 Å². The first-order valence-corrected chi connectivity index (χ1v) is 12.1. The minimum absolute atomic E-state index is 0.229. The van der Waals surface area contributed by atoms with Gasteiger partial charge in [0.1, 0.15) is 18.4 Å². The van der Waals surface area contributed by atoms with Gasteiger partial charge in [0.15, 0.2) is 11.9 Å². The van der Waals surface area contributed by atoms with Crippen molar-refractivity contribution in [2.75, 3.05) is 6.61 Å². The third-order valence-corrected chi connectivity index (χ3v) is 5.56. The summed E-state index contributed by atoms with van der Waals surface area (Å²) in [5, 5.41) is 1.99. The maximum Gasteiger partial charge on any atom is 0.471 e. The number of hydrogen-bond acceptors (Lipinski definition) is 6. The number of rotatable bonds is 13. The first kappa shape index (κ1) is 28.3. The van der Waals surface area contributed by atoms with Crippen molar-refractivity contribution in [2.24, 2.45) is 0 Å². The Morgan fingerprint density at radius 2 is 1.79 bits per heavy atom. The summed E-state index contributed by atoms with van der Waals surface area (Å²) in [6, 6.07) is -1.27. The molecule has 2 heterocycles. The summed E-state index contributed by atoms with van der Waals surface area (Å²) in [6.07, 6.45) is 4.76. The Labute approximate surface area is 200 Å². The Morgan fingerprint density at radius 1 is 1.15 bits per heavy atom. The van der Waals surface area contributed by atoms with Crippen LogP contribution in [0, 0.1) is 0 Å². The molecular weight excluding hydrogens is 455 g/mol. The van der Waals surface area contributed by atoms with Crippen LogP contribution in [0.1, 0.15) is 79.1 Å². The van der Waals surface area contributed by atoms with Crippen LogP contribution in [0.3, 0.4) is 0 Å². The Hall–Kier alpha value is -1.94. The number of fused-ring (bicyclic) bond motifs is 1. The highest BCUT2D eigenvalue weighted by molar-refractivity contribution is 5.82. The second-order valence-electron chi connectivity index (χ2n) is 8.98. The molecule has 0 aliphatic carbocycles. The SMILES string of the molecule is C/C=C\O[C@H]1OC2=COC(C)(C)O[C@H]2[C@H](OCCCCCCCCCC)[C@H]1NC(=O)C(F)(F)F. The lowest BCUT2D eigenvalue weighted by atomic mass is 9.98. The lowest BCUT2D eigenvalue weighted by Gasteiger charge is -2.46. The fourth-order valence-corrected chi connectivity index (χ4v) is 3.83. The molecule has 0 saturated carbocycles. The van der Waals surface area contributed by atoms with Crippen molar-refractivity contribution < 1.29 is 41.7 Å². The van der Waals surface area contributed by atoms with E-state index in [9.17, 15) is 18.0 Å². The fourth-order valence-electron chi connectivity index (χ4n) is 3.83. The van der Waals surface area contributed by atoms with E-state index in [2.05, 4.69) is 6.92 Å². The molecule has 4 atom stereocenters. The number of carbonyl (C=O) groups is 1. The van der Waals surface area contributed by atoms with Gasteiger partial charge in [0.2, 0.25) is 5.79 Å². The number of ether oxygens (including phenoxy) is 5. The second-order valence-corrected chi connectivity index (χ2v) is 8.98. The van der Waals surface area contributed by atoms with Gasteiger partial charge < -0.3 is 29.0 Å². The van der Waals surface area contributed by atoms with Crippen molar-refractivity contribution in [3.05, 3.63) is 24.4 Å². The third kappa shape index (κ3) is 8.69. The van der Waals surface area contributed by atoms with Gasteiger partial charge in [-0.15, -0.1) is 0 Å². The van der Waals surface area contributed by atoms with Gasteiger partial charge in [-0.2, -0.15) is 13.2 Å². The van der Waals surface area contributed by atoms with Gasteiger partial charge in [0, 0.05) is 20.5 Å². The quantitative estimate of drug-likeness (QED) is 0.271. The van der Waals surface area contributed by atoms with E-state index in [4.69, 9.17) is 23.7 Å². The van der Waals surface area contributed by atoms with E-state index < -0.39 is 42.4 Å². The smallest absolute Gasteiger partial charge is 0.467 e. The Balaban J connectivity index is 2.10. The van der Waals surface area contributed by atoms with E-state index in [-0.39, 0.29) is 5.76 Å². The van der Waals surface area contributed by atoms with E-state index in [0.717, 1.165) is 25.7 Å². The number of unbranched alkanes of at least 4 members (excludes halogenated alkanes) is 7. The van der Waals surface area contributed by atoms with Crippen molar-refractivity contribution in [1.29, 1.82) is 0 Å². The molecule has 0 unspecified atom stereocenters. The molecule has 1 fully saturated rings. The zero-order valence-electron chi connectivity index (χ0n) is 20.5. The van der Waals surface area contributed by atoms with E-state index in [1.165, 1.54) is 38.2 Å². The number of carbonyl (C=O) groups excluding carboxylic acids is 1. The fraction of sp³-hybridized carbons (Fsp3) is 0.792. The zero-order valence-corrected chi connectivity index (χ0v) is 20.5. The van der Waals surface area contributed by atoms with E-state index in [1.54, 1.807) is 26.8 Å². The van der Waals surface area contributed by atoms with Crippen LogP contribution in [-0.4, -0.2) is 49.0 Å². The molecule has 0 spiro atoms. The summed E-state index contributed by atoms with van der Waals surface area (Å²) in [5.41, 5.74) is 0. The molecule has 2 aliphatic heterocycles. The van der Waals surface area contributed by atoms with Crippen LogP contribution in [0.15, 0.2) is 24.4 Å². The molecule has 10 heteroatoms. The van der Waals surface area contributed by atoms with Crippen LogP contribution in [-0.2, 0) is 28.5 Å². The van der Waals surface area contributed by atoms with Gasteiger partial charge in [-0.1, -0.05) is 57.9 Å². The summed E-state index contributed by atoms with van der Waals surface area (Å²) in [5.74, 6) is -2.92. The molecule has 1 saturated heterocycles. The van der Waals surface area contributed by atoms with Crippen LogP contribution in [0.2, 0.25) is 0 Å². The summed E-state index contributed by atoms with van der Waals surface area (Å²) in [6.45, 7) is 7.49. The summed E-state index contributed by atoms with van der Waals surface area (Å²) in [7, 11) is 0. The lowest BCUT2D eigenvalue weighted by molar-refractivity contribution is -0.289.